The summed E-state index contributed by atoms with van der Waals surface area (Å²) in [5.74, 6) is 0.642. The summed E-state index contributed by atoms with van der Waals surface area (Å²) >= 11 is 1.19. The lowest BCUT2D eigenvalue weighted by atomic mass is 10.2. The first-order chi connectivity index (χ1) is 13.0. The van der Waals surface area contributed by atoms with Crippen LogP contribution in [0.2, 0.25) is 0 Å². The van der Waals surface area contributed by atoms with Gasteiger partial charge in [0.15, 0.2) is 0 Å². The van der Waals surface area contributed by atoms with Crippen molar-refractivity contribution >= 4 is 33.3 Å². The van der Waals surface area contributed by atoms with Crippen LogP contribution >= 0.6 is 11.3 Å². The van der Waals surface area contributed by atoms with Gasteiger partial charge in [0, 0.05) is 18.7 Å². The average Bonchev–Trinajstić information content (AvgIpc) is 3.32. The molecule has 1 N–H and O–H groups in total. The second-order valence-electron chi connectivity index (χ2n) is 6.71. The van der Waals surface area contributed by atoms with E-state index in [0.717, 1.165) is 46.8 Å². The number of hydrogen-bond donors (Lipinski definition) is 1. The molecule has 0 amide bonds. The summed E-state index contributed by atoms with van der Waals surface area (Å²) in [6, 6.07) is 0. The predicted octanol–water partition coefficient (Wildman–Crippen LogP) is 3.10. The molecule has 4 heterocycles. The Morgan fingerprint density at radius 1 is 1.41 bits per heavy atom. The monoisotopic (exact) mass is 388 g/mol. The molecule has 0 aliphatic carbocycles. The van der Waals surface area contributed by atoms with Crippen LogP contribution in [0.25, 0.3) is 10.2 Å². The van der Waals surface area contributed by atoms with Crippen molar-refractivity contribution in [3.8, 4) is 0 Å². The van der Waals surface area contributed by atoms with E-state index in [-0.39, 0.29) is 6.10 Å². The van der Waals surface area contributed by atoms with E-state index >= 15 is 0 Å². The Kier molecular flexibility index (Phi) is 4.56. The molecule has 1 unspecified atom stereocenters. The molecule has 0 aromatic carbocycles. The van der Waals surface area contributed by atoms with Crippen molar-refractivity contribution < 1.29 is 19.2 Å². The van der Waals surface area contributed by atoms with Gasteiger partial charge in [-0.3, -0.25) is 0 Å². The summed E-state index contributed by atoms with van der Waals surface area (Å²) in [5.41, 5.74) is 2.57. The molecule has 1 aliphatic heterocycles. The molecule has 1 atom stereocenters. The zero-order chi connectivity index (χ0) is 19.1. The van der Waals surface area contributed by atoms with Gasteiger partial charge < -0.3 is 19.3 Å². The normalized spacial score (nSPS) is 17.1. The highest BCUT2D eigenvalue weighted by atomic mass is 32.1. The molecule has 0 spiro atoms. The fourth-order valence-corrected chi connectivity index (χ4v) is 4.44. The maximum Gasteiger partial charge on any atom is 0.346 e. The van der Waals surface area contributed by atoms with Crippen molar-refractivity contribution in [2.75, 3.05) is 18.0 Å². The van der Waals surface area contributed by atoms with E-state index in [4.69, 9.17) is 9.26 Å². The Bertz CT molecular complexity index is 993. The van der Waals surface area contributed by atoms with Gasteiger partial charge in [-0.05, 0) is 32.8 Å². The van der Waals surface area contributed by atoms with Gasteiger partial charge in [-0.25, -0.2) is 14.8 Å². The van der Waals surface area contributed by atoms with E-state index in [9.17, 15) is 9.90 Å². The molecule has 4 rings (SSSR count). The molecular formula is C18H20N4O4S. The molecule has 1 fully saturated rings. The van der Waals surface area contributed by atoms with E-state index in [2.05, 4.69) is 20.0 Å². The number of nitrogens with zero attached hydrogens (tertiary/aromatic N) is 4. The first-order valence-electron chi connectivity index (χ1n) is 8.71. The molecule has 0 radical (unpaired) electrons. The summed E-state index contributed by atoms with van der Waals surface area (Å²) in [6.07, 6.45) is 2.45. The Hall–Kier alpha value is -2.52. The number of fused-ring (bicyclic) bond motifs is 1. The van der Waals surface area contributed by atoms with Gasteiger partial charge in [0.05, 0.1) is 23.8 Å². The standard InChI is InChI=1S/C18H20N4O4S/c1-9-14-16(19-8-20-17(14)27-15(9)18(23)24)22-5-4-12(6-22)25-7-13-10(2)21-26-11(13)3/h8,12H,4-7H2,1-3H3,(H,23,24). The van der Waals surface area contributed by atoms with Crippen molar-refractivity contribution in [2.45, 2.75) is 39.9 Å². The number of thiophene rings is 1. The third-order valence-corrected chi connectivity index (χ3v) is 6.18. The SMILES string of the molecule is Cc1noc(C)c1COC1CCN(c2ncnc3sc(C(=O)O)c(C)c23)C1. The maximum absolute atomic E-state index is 11.4. The van der Waals surface area contributed by atoms with Gasteiger partial charge in [0.1, 0.15) is 27.6 Å². The molecule has 1 aliphatic rings. The summed E-state index contributed by atoms with van der Waals surface area (Å²) in [5, 5.41) is 14.2. The summed E-state index contributed by atoms with van der Waals surface area (Å²) < 4.78 is 11.2. The maximum atomic E-state index is 11.4. The van der Waals surface area contributed by atoms with E-state index in [1.54, 1.807) is 0 Å². The molecule has 27 heavy (non-hydrogen) atoms. The number of carboxylic acid groups (broad SMARTS) is 1. The highest BCUT2D eigenvalue weighted by Gasteiger charge is 2.28. The lowest BCUT2D eigenvalue weighted by Crippen LogP contribution is -2.24. The number of aryl methyl sites for hydroxylation is 3. The van der Waals surface area contributed by atoms with Gasteiger partial charge in [-0.2, -0.15) is 0 Å². The van der Waals surface area contributed by atoms with Crippen LogP contribution in [0.1, 0.15) is 38.7 Å². The molecule has 9 heteroatoms. The van der Waals surface area contributed by atoms with Crippen LogP contribution in [0.5, 0.6) is 0 Å². The number of ether oxygens (including phenoxy) is 1. The number of aromatic nitrogens is 3. The van der Waals surface area contributed by atoms with Crippen molar-refractivity contribution in [3.63, 3.8) is 0 Å². The highest BCUT2D eigenvalue weighted by Crippen LogP contribution is 2.36. The zero-order valence-electron chi connectivity index (χ0n) is 15.4. The highest BCUT2D eigenvalue weighted by molar-refractivity contribution is 7.20. The van der Waals surface area contributed by atoms with Gasteiger partial charge in [-0.1, -0.05) is 5.16 Å². The van der Waals surface area contributed by atoms with Gasteiger partial charge in [0.25, 0.3) is 0 Å². The van der Waals surface area contributed by atoms with Crippen LogP contribution in [0.4, 0.5) is 5.82 Å². The molecule has 142 valence electrons. The van der Waals surface area contributed by atoms with E-state index < -0.39 is 5.97 Å². The van der Waals surface area contributed by atoms with Crippen LogP contribution in [0.3, 0.4) is 0 Å². The summed E-state index contributed by atoms with van der Waals surface area (Å²) in [4.78, 5) is 23.3. The first-order valence-corrected chi connectivity index (χ1v) is 9.53. The van der Waals surface area contributed by atoms with Crippen molar-refractivity contribution in [1.29, 1.82) is 0 Å². The van der Waals surface area contributed by atoms with E-state index in [0.29, 0.717) is 22.9 Å². The lowest BCUT2D eigenvalue weighted by Gasteiger charge is -2.18. The van der Waals surface area contributed by atoms with Gasteiger partial charge >= 0.3 is 5.97 Å². The van der Waals surface area contributed by atoms with Crippen LogP contribution in [-0.2, 0) is 11.3 Å². The smallest absolute Gasteiger partial charge is 0.346 e. The Morgan fingerprint density at radius 2 is 2.22 bits per heavy atom. The number of carbonyl (C=O) groups is 1. The summed E-state index contributed by atoms with van der Waals surface area (Å²) in [7, 11) is 0. The van der Waals surface area contributed by atoms with Crippen molar-refractivity contribution in [1.82, 2.24) is 15.1 Å². The molecule has 0 bridgehead atoms. The minimum atomic E-state index is -0.927. The van der Waals surface area contributed by atoms with Gasteiger partial charge in [0.2, 0.25) is 0 Å². The third kappa shape index (κ3) is 3.17. The summed E-state index contributed by atoms with van der Waals surface area (Å²) in [6.45, 7) is 7.59. The minimum Gasteiger partial charge on any atom is -0.477 e. The topological polar surface area (TPSA) is 102 Å². The quantitative estimate of drug-likeness (QED) is 0.711. The number of carboxylic acids is 1. The molecule has 1 saturated heterocycles. The fraction of sp³-hybridized carbons (Fsp3) is 0.444. The molecule has 3 aromatic rings. The Morgan fingerprint density at radius 3 is 2.93 bits per heavy atom. The number of aromatic carboxylic acids is 1. The average molecular weight is 388 g/mol. The number of rotatable bonds is 5. The van der Waals surface area contributed by atoms with Crippen molar-refractivity contribution in [3.05, 3.63) is 33.8 Å². The fourth-order valence-electron chi connectivity index (χ4n) is 3.46. The van der Waals surface area contributed by atoms with Crippen LogP contribution in [0, 0.1) is 20.8 Å². The zero-order valence-corrected chi connectivity index (χ0v) is 16.2. The molecule has 8 nitrogen and oxygen atoms in total. The predicted molar refractivity (Wildman–Crippen MR) is 100 cm³/mol. The van der Waals surface area contributed by atoms with Gasteiger partial charge in [-0.15, -0.1) is 11.3 Å². The largest absolute Gasteiger partial charge is 0.477 e. The lowest BCUT2D eigenvalue weighted by molar-refractivity contribution is 0.0544. The van der Waals surface area contributed by atoms with Crippen molar-refractivity contribution in [2.24, 2.45) is 0 Å². The van der Waals surface area contributed by atoms with Crippen LogP contribution in [0.15, 0.2) is 10.9 Å². The first kappa shape index (κ1) is 17.9. The Balaban J connectivity index is 1.53. The van der Waals surface area contributed by atoms with E-state index in [1.165, 1.54) is 17.7 Å². The number of hydrogen-bond acceptors (Lipinski definition) is 8. The minimum absolute atomic E-state index is 0.0709. The second-order valence-corrected chi connectivity index (χ2v) is 7.71. The van der Waals surface area contributed by atoms with E-state index in [1.807, 2.05) is 20.8 Å². The van der Waals surface area contributed by atoms with Crippen LogP contribution in [-0.4, -0.2) is 45.4 Å². The molecular weight excluding hydrogens is 368 g/mol. The van der Waals surface area contributed by atoms with Crippen LogP contribution < -0.4 is 4.90 Å². The second kappa shape index (κ2) is 6.90. The third-order valence-electron chi connectivity index (χ3n) is 4.99. The number of anilines is 1. The molecule has 0 saturated carbocycles. The molecule has 3 aromatic heterocycles. The Labute approximate surface area is 159 Å².